The molecule has 3 aromatic carbocycles. The molecule has 0 amide bonds. The van der Waals surface area contributed by atoms with Crippen LogP contribution in [0.1, 0.15) is 38.9 Å². The Morgan fingerprint density at radius 1 is 0.643 bits per heavy atom. The monoisotopic (exact) mass is 368 g/mol. The molecule has 142 valence electrons. The standard InChI is InChI=1S/C26H28N2/c1-17-12-19(3)25(20(4)13-17)27-16-24(23-10-8-7-9-11-23)28-26-21(5)14-18(2)15-22(26)6/h7-16H,1-6H3. The largest absolute Gasteiger partial charge is 0.254 e. The van der Waals surface area contributed by atoms with Gasteiger partial charge in [-0.05, 0) is 63.8 Å². The Kier molecular flexibility index (Phi) is 5.89. The normalized spacial score (nSPS) is 12.0. The first-order valence-corrected chi connectivity index (χ1v) is 9.69. The van der Waals surface area contributed by atoms with Crippen molar-refractivity contribution < 1.29 is 0 Å². The van der Waals surface area contributed by atoms with Gasteiger partial charge >= 0.3 is 0 Å². The number of nitrogens with zero attached hydrogens (tertiary/aromatic N) is 2. The van der Waals surface area contributed by atoms with Gasteiger partial charge < -0.3 is 0 Å². The highest BCUT2D eigenvalue weighted by atomic mass is 14.8. The van der Waals surface area contributed by atoms with Gasteiger partial charge in [0, 0.05) is 5.56 Å². The van der Waals surface area contributed by atoms with Gasteiger partial charge in [0.25, 0.3) is 0 Å². The van der Waals surface area contributed by atoms with Crippen LogP contribution in [0, 0.1) is 41.5 Å². The van der Waals surface area contributed by atoms with Crippen LogP contribution in [0.3, 0.4) is 0 Å². The lowest BCUT2D eigenvalue weighted by Gasteiger charge is -2.10. The van der Waals surface area contributed by atoms with Crippen LogP contribution in [0.15, 0.2) is 64.6 Å². The van der Waals surface area contributed by atoms with Crippen LogP contribution in [0.2, 0.25) is 0 Å². The van der Waals surface area contributed by atoms with Crippen molar-refractivity contribution in [3.05, 3.63) is 93.5 Å². The summed E-state index contributed by atoms with van der Waals surface area (Å²) in [7, 11) is 0. The molecule has 0 aliphatic carbocycles. The van der Waals surface area contributed by atoms with E-state index in [2.05, 4.69) is 77.9 Å². The summed E-state index contributed by atoms with van der Waals surface area (Å²) < 4.78 is 0. The predicted octanol–water partition coefficient (Wildman–Crippen LogP) is 7.06. The first-order valence-electron chi connectivity index (χ1n) is 9.69. The SMILES string of the molecule is Cc1cc(C)c(N=CC(=Nc2c(C)cc(C)cc2C)c2ccccc2)c(C)c1. The molecule has 0 aromatic heterocycles. The van der Waals surface area contributed by atoms with Gasteiger partial charge in [-0.15, -0.1) is 0 Å². The lowest BCUT2D eigenvalue weighted by atomic mass is 10.0. The minimum absolute atomic E-state index is 0.870. The van der Waals surface area contributed by atoms with E-state index in [0.29, 0.717) is 0 Å². The van der Waals surface area contributed by atoms with Crippen LogP contribution in [0.5, 0.6) is 0 Å². The lowest BCUT2D eigenvalue weighted by Crippen LogP contribution is -2.03. The molecule has 0 unspecified atom stereocenters. The summed E-state index contributed by atoms with van der Waals surface area (Å²) in [5, 5.41) is 0. The van der Waals surface area contributed by atoms with Crippen molar-refractivity contribution in [1.29, 1.82) is 0 Å². The second-order valence-electron chi connectivity index (χ2n) is 7.62. The van der Waals surface area contributed by atoms with Crippen molar-refractivity contribution in [3.63, 3.8) is 0 Å². The Bertz CT molecular complexity index is 1010. The van der Waals surface area contributed by atoms with Gasteiger partial charge in [0.2, 0.25) is 0 Å². The van der Waals surface area contributed by atoms with Crippen LogP contribution in [0.25, 0.3) is 0 Å². The third-order valence-corrected chi connectivity index (χ3v) is 4.89. The summed E-state index contributed by atoms with van der Waals surface area (Å²) in [5.74, 6) is 0. The number of rotatable bonds is 4. The molecule has 0 bridgehead atoms. The molecular formula is C26H28N2. The molecule has 0 aliphatic heterocycles. The predicted molar refractivity (Wildman–Crippen MR) is 122 cm³/mol. The van der Waals surface area contributed by atoms with Crippen LogP contribution < -0.4 is 0 Å². The molecule has 28 heavy (non-hydrogen) atoms. The summed E-state index contributed by atoms with van der Waals surface area (Å²) in [6.45, 7) is 12.7. The Labute approximate surface area is 168 Å². The zero-order valence-electron chi connectivity index (χ0n) is 17.7. The molecule has 2 nitrogen and oxygen atoms in total. The average Bonchev–Trinajstić information content (AvgIpc) is 2.62. The maximum absolute atomic E-state index is 5.03. The van der Waals surface area contributed by atoms with E-state index in [0.717, 1.165) is 22.6 Å². The molecule has 3 rings (SSSR count). The summed E-state index contributed by atoms with van der Waals surface area (Å²) >= 11 is 0. The number of aliphatic imine (C=N–C) groups is 2. The zero-order valence-corrected chi connectivity index (χ0v) is 17.7. The second-order valence-corrected chi connectivity index (χ2v) is 7.62. The molecule has 0 spiro atoms. The van der Waals surface area contributed by atoms with Crippen molar-refractivity contribution in [1.82, 2.24) is 0 Å². The van der Waals surface area contributed by atoms with Crippen molar-refractivity contribution >= 4 is 23.3 Å². The second kappa shape index (κ2) is 8.35. The third-order valence-electron chi connectivity index (χ3n) is 4.89. The van der Waals surface area contributed by atoms with E-state index >= 15 is 0 Å². The Balaban J connectivity index is 2.12. The molecule has 0 atom stereocenters. The van der Waals surface area contributed by atoms with Crippen molar-refractivity contribution in [2.24, 2.45) is 9.98 Å². The highest BCUT2D eigenvalue weighted by Gasteiger charge is 2.08. The zero-order chi connectivity index (χ0) is 20.3. The van der Waals surface area contributed by atoms with E-state index < -0.39 is 0 Å². The number of hydrogen-bond acceptors (Lipinski definition) is 2. The average molecular weight is 369 g/mol. The fourth-order valence-electron chi connectivity index (χ4n) is 3.75. The van der Waals surface area contributed by atoms with E-state index in [9.17, 15) is 0 Å². The van der Waals surface area contributed by atoms with E-state index in [4.69, 9.17) is 9.98 Å². The molecule has 0 saturated carbocycles. The lowest BCUT2D eigenvalue weighted by molar-refractivity contribution is 1.28. The summed E-state index contributed by atoms with van der Waals surface area (Å²) in [5.41, 5.74) is 11.2. The maximum atomic E-state index is 5.03. The Hall–Kier alpha value is -3.00. The molecule has 3 aromatic rings. The molecular weight excluding hydrogens is 340 g/mol. The summed E-state index contributed by atoms with van der Waals surface area (Å²) in [6.07, 6.45) is 1.90. The van der Waals surface area contributed by atoms with Crippen LogP contribution >= 0.6 is 0 Å². The minimum Gasteiger partial charge on any atom is -0.254 e. The number of hydrogen-bond donors (Lipinski definition) is 0. The van der Waals surface area contributed by atoms with Gasteiger partial charge in [0.1, 0.15) is 0 Å². The molecule has 2 heteroatoms. The number of benzene rings is 3. The van der Waals surface area contributed by atoms with Crippen molar-refractivity contribution in [2.45, 2.75) is 41.5 Å². The van der Waals surface area contributed by atoms with Crippen LogP contribution in [-0.2, 0) is 0 Å². The van der Waals surface area contributed by atoms with E-state index in [1.54, 1.807) is 0 Å². The van der Waals surface area contributed by atoms with Gasteiger partial charge in [-0.25, -0.2) is 4.99 Å². The van der Waals surface area contributed by atoms with Gasteiger partial charge in [0.15, 0.2) is 0 Å². The van der Waals surface area contributed by atoms with Gasteiger partial charge in [-0.3, -0.25) is 4.99 Å². The molecule has 0 heterocycles. The van der Waals surface area contributed by atoms with E-state index in [1.165, 1.54) is 33.4 Å². The Morgan fingerprint density at radius 3 is 1.61 bits per heavy atom. The quantitative estimate of drug-likeness (QED) is 0.440. The van der Waals surface area contributed by atoms with Gasteiger partial charge in [-0.1, -0.05) is 65.7 Å². The molecule has 0 radical (unpaired) electrons. The molecule has 0 saturated heterocycles. The molecule has 0 N–H and O–H groups in total. The van der Waals surface area contributed by atoms with Crippen molar-refractivity contribution in [2.75, 3.05) is 0 Å². The fraction of sp³-hybridized carbons (Fsp3) is 0.231. The maximum Gasteiger partial charge on any atom is 0.0892 e. The molecule has 0 fully saturated rings. The van der Waals surface area contributed by atoms with E-state index in [1.807, 2.05) is 24.4 Å². The van der Waals surface area contributed by atoms with E-state index in [-0.39, 0.29) is 0 Å². The smallest absolute Gasteiger partial charge is 0.0892 e. The highest BCUT2D eigenvalue weighted by Crippen LogP contribution is 2.27. The first-order chi connectivity index (χ1) is 13.3. The minimum atomic E-state index is 0.870. The highest BCUT2D eigenvalue weighted by molar-refractivity contribution is 6.39. The van der Waals surface area contributed by atoms with Crippen LogP contribution in [-0.4, -0.2) is 11.9 Å². The molecule has 0 aliphatic rings. The first kappa shape index (κ1) is 19.8. The third kappa shape index (κ3) is 4.45. The fourth-order valence-corrected chi connectivity index (χ4v) is 3.75. The summed E-state index contributed by atoms with van der Waals surface area (Å²) in [6, 6.07) is 19.0. The number of aryl methyl sites for hydroxylation is 6. The van der Waals surface area contributed by atoms with Gasteiger partial charge in [0.05, 0.1) is 23.3 Å². The Morgan fingerprint density at radius 2 is 1.11 bits per heavy atom. The van der Waals surface area contributed by atoms with Crippen LogP contribution in [0.4, 0.5) is 11.4 Å². The topological polar surface area (TPSA) is 24.7 Å². The summed E-state index contributed by atoms with van der Waals surface area (Å²) in [4.78, 5) is 9.87. The van der Waals surface area contributed by atoms with Crippen molar-refractivity contribution in [3.8, 4) is 0 Å². The van der Waals surface area contributed by atoms with Gasteiger partial charge in [-0.2, -0.15) is 0 Å².